The molecule has 2 aromatic carbocycles. The molecule has 140 valence electrons. The zero-order valence-electron chi connectivity index (χ0n) is 14.5. The molecule has 0 aliphatic heterocycles. The quantitative estimate of drug-likeness (QED) is 0.485. The Kier molecular flexibility index (Phi) is 5.05. The molecule has 1 unspecified atom stereocenters. The molecule has 4 aromatic rings. The molecule has 6 nitrogen and oxygen atoms in total. The molecule has 0 fully saturated rings. The van der Waals surface area contributed by atoms with Gasteiger partial charge in [-0.1, -0.05) is 28.4 Å². The van der Waals surface area contributed by atoms with Crippen molar-refractivity contribution in [1.29, 1.82) is 0 Å². The third-order valence-corrected chi connectivity index (χ3v) is 4.78. The predicted octanol–water partition coefficient (Wildman–Crippen LogP) is 3.51. The summed E-state index contributed by atoms with van der Waals surface area (Å²) < 4.78 is 36.8. The summed E-state index contributed by atoms with van der Waals surface area (Å²) in [4.78, 5) is 4.05. The smallest absolute Gasteiger partial charge is 0.123 e. The van der Waals surface area contributed by atoms with Gasteiger partial charge in [0.05, 0.1) is 5.69 Å². The van der Waals surface area contributed by atoms with E-state index in [0.29, 0.717) is 11.3 Å². The van der Waals surface area contributed by atoms with Gasteiger partial charge in [0, 0.05) is 29.3 Å². The number of halogens is 1. The highest BCUT2D eigenvalue weighted by molar-refractivity contribution is 7.78. The van der Waals surface area contributed by atoms with Crippen LogP contribution in [0.5, 0.6) is 0 Å². The lowest BCUT2D eigenvalue weighted by atomic mass is 10.1. The Morgan fingerprint density at radius 2 is 1.61 bits per heavy atom. The first-order valence-corrected chi connectivity index (χ1v) is 9.63. The van der Waals surface area contributed by atoms with Gasteiger partial charge in [0.2, 0.25) is 0 Å². The lowest BCUT2D eigenvalue weighted by Gasteiger charge is -2.10. The first-order valence-electron chi connectivity index (χ1n) is 8.39. The van der Waals surface area contributed by atoms with Gasteiger partial charge in [-0.3, -0.25) is 9.19 Å². The maximum Gasteiger partial charge on any atom is 0.123 e. The average Bonchev–Trinajstić information content (AvgIpc) is 3.14. The molecule has 2 aromatic heterocycles. The van der Waals surface area contributed by atoms with Gasteiger partial charge in [-0.2, -0.15) is 0 Å². The van der Waals surface area contributed by atoms with Crippen LogP contribution in [0.1, 0.15) is 5.56 Å². The molecule has 4 rings (SSSR count). The van der Waals surface area contributed by atoms with Crippen molar-refractivity contribution >= 4 is 11.1 Å². The fourth-order valence-electron chi connectivity index (χ4n) is 2.90. The highest BCUT2D eigenvalue weighted by atomic mass is 32.2. The van der Waals surface area contributed by atoms with Crippen LogP contribution < -0.4 is 0 Å². The summed E-state index contributed by atoms with van der Waals surface area (Å²) in [5.74, 6) is -0.372. The Labute approximate surface area is 163 Å². The Morgan fingerprint density at radius 1 is 0.929 bits per heavy atom. The number of benzene rings is 2. The van der Waals surface area contributed by atoms with Gasteiger partial charge in [-0.05, 0) is 54.1 Å². The molecule has 28 heavy (non-hydrogen) atoms. The molecule has 0 saturated heterocycles. The van der Waals surface area contributed by atoms with E-state index in [9.17, 15) is 13.2 Å². The van der Waals surface area contributed by atoms with Gasteiger partial charge < -0.3 is 4.55 Å². The monoisotopic (exact) mass is 393 g/mol. The van der Waals surface area contributed by atoms with Crippen LogP contribution in [0.4, 0.5) is 4.39 Å². The maximum absolute atomic E-state index is 13.3. The number of aromatic nitrogens is 4. The average molecular weight is 393 g/mol. The van der Waals surface area contributed by atoms with E-state index in [4.69, 9.17) is 0 Å². The second-order valence-electron chi connectivity index (χ2n) is 6.06. The fraction of sp³-hybridized carbons (Fsp3) is 0.0500. The van der Waals surface area contributed by atoms with E-state index in [1.165, 1.54) is 12.1 Å². The van der Waals surface area contributed by atoms with Crippen LogP contribution in [0.3, 0.4) is 0 Å². The number of hydrogen-bond acceptors (Lipinski definition) is 5. The van der Waals surface area contributed by atoms with Gasteiger partial charge in [0.1, 0.15) is 17.2 Å². The van der Waals surface area contributed by atoms with Crippen LogP contribution in [0.2, 0.25) is 0 Å². The van der Waals surface area contributed by atoms with Gasteiger partial charge in [-0.15, -0.1) is 5.10 Å². The van der Waals surface area contributed by atoms with E-state index in [2.05, 4.69) is 15.3 Å². The molecule has 0 radical (unpaired) electrons. The second-order valence-corrected chi connectivity index (χ2v) is 6.95. The van der Waals surface area contributed by atoms with Gasteiger partial charge in [-0.25, -0.2) is 9.07 Å². The van der Waals surface area contributed by atoms with Crippen molar-refractivity contribution in [2.75, 3.05) is 0 Å². The topological polar surface area (TPSA) is 83.7 Å². The van der Waals surface area contributed by atoms with Crippen LogP contribution in [-0.2, 0) is 16.8 Å². The van der Waals surface area contributed by atoms with Crippen molar-refractivity contribution in [1.82, 2.24) is 20.0 Å². The number of rotatable bonds is 5. The fourth-order valence-corrected chi connectivity index (χ4v) is 3.37. The summed E-state index contributed by atoms with van der Waals surface area (Å²) in [5, 5.41) is 8.59. The van der Waals surface area contributed by atoms with Crippen LogP contribution in [0, 0.1) is 5.82 Å². The van der Waals surface area contributed by atoms with Crippen molar-refractivity contribution in [2.24, 2.45) is 0 Å². The van der Waals surface area contributed by atoms with Crippen LogP contribution in [0.15, 0.2) is 73.1 Å². The summed E-state index contributed by atoms with van der Waals surface area (Å²) in [6, 6.07) is 16.8. The summed E-state index contributed by atoms with van der Waals surface area (Å²) >= 11 is -2.15. The number of hydrogen-bond donors (Lipinski definition) is 0. The van der Waals surface area contributed by atoms with Crippen LogP contribution >= 0.6 is 0 Å². The molecular weight excluding hydrogens is 379 g/mol. The van der Waals surface area contributed by atoms with Gasteiger partial charge in [0.15, 0.2) is 0 Å². The molecular formula is C20H14FN4O2S-. The molecule has 0 aliphatic rings. The standard InChI is InChI=1S/C20H15FN4O2S/c21-17-5-3-15(4-6-17)19-20(16-9-11-22-12-10-16)25(24-23-19)18-7-1-14(2-8-18)13-28(26)27/h1-12H,13H2,(H,26,27)/p-1. The van der Waals surface area contributed by atoms with Gasteiger partial charge >= 0.3 is 0 Å². The Morgan fingerprint density at radius 3 is 2.25 bits per heavy atom. The third-order valence-electron chi connectivity index (χ3n) is 4.21. The zero-order chi connectivity index (χ0) is 19.5. The van der Waals surface area contributed by atoms with Crippen LogP contribution in [-0.4, -0.2) is 28.7 Å². The normalized spacial score (nSPS) is 12.1. The molecule has 2 heterocycles. The van der Waals surface area contributed by atoms with Crippen molar-refractivity contribution in [3.8, 4) is 28.2 Å². The predicted molar refractivity (Wildman–Crippen MR) is 103 cm³/mol. The lowest BCUT2D eigenvalue weighted by molar-refractivity contribution is 0.536. The van der Waals surface area contributed by atoms with Crippen molar-refractivity contribution < 1.29 is 13.2 Å². The molecule has 8 heteroatoms. The number of pyridine rings is 1. The van der Waals surface area contributed by atoms with E-state index in [-0.39, 0.29) is 11.6 Å². The Bertz CT molecular complexity index is 1110. The third kappa shape index (κ3) is 3.73. The summed E-state index contributed by atoms with van der Waals surface area (Å²) in [7, 11) is 0. The largest absolute Gasteiger partial charge is 0.772 e. The van der Waals surface area contributed by atoms with Gasteiger partial charge in [0.25, 0.3) is 0 Å². The number of nitrogens with zero attached hydrogens (tertiary/aromatic N) is 4. The van der Waals surface area contributed by atoms with Crippen molar-refractivity contribution in [3.63, 3.8) is 0 Å². The minimum atomic E-state index is -2.15. The maximum atomic E-state index is 13.3. The van der Waals surface area contributed by atoms with E-state index >= 15 is 0 Å². The van der Waals surface area contributed by atoms with E-state index in [1.807, 2.05) is 12.1 Å². The second kappa shape index (κ2) is 7.79. The minimum absolute atomic E-state index is 0.0460. The molecule has 0 N–H and O–H groups in total. The Hall–Kier alpha value is -3.23. The summed E-state index contributed by atoms with van der Waals surface area (Å²) in [6.45, 7) is 0. The van der Waals surface area contributed by atoms with E-state index < -0.39 is 11.1 Å². The first-order chi connectivity index (χ1) is 13.6. The Balaban J connectivity index is 1.84. The van der Waals surface area contributed by atoms with Crippen LogP contribution in [0.25, 0.3) is 28.2 Å². The highest BCUT2D eigenvalue weighted by Crippen LogP contribution is 2.32. The van der Waals surface area contributed by atoms with Crippen molar-refractivity contribution in [3.05, 3.63) is 84.4 Å². The van der Waals surface area contributed by atoms with E-state index in [1.54, 1.807) is 53.5 Å². The lowest BCUT2D eigenvalue weighted by Crippen LogP contribution is -2.01. The highest BCUT2D eigenvalue weighted by Gasteiger charge is 2.18. The first kappa shape index (κ1) is 18.1. The molecule has 0 spiro atoms. The summed E-state index contributed by atoms with van der Waals surface area (Å²) in [6.07, 6.45) is 3.35. The molecule has 0 aliphatic carbocycles. The van der Waals surface area contributed by atoms with E-state index in [0.717, 1.165) is 22.5 Å². The molecule has 0 amide bonds. The summed E-state index contributed by atoms with van der Waals surface area (Å²) in [5.41, 5.74) is 4.33. The zero-order valence-corrected chi connectivity index (χ0v) is 15.3. The SMILES string of the molecule is O=S([O-])Cc1ccc(-n2nnc(-c3ccc(F)cc3)c2-c2ccncc2)cc1. The molecule has 1 atom stereocenters. The minimum Gasteiger partial charge on any atom is -0.772 e. The molecule has 0 bridgehead atoms. The van der Waals surface area contributed by atoms with Crippen molar-refractivity contribution in [2.45, 2.75) is 5.75 Å². The molecule has 0 saturated carbocycles.